The molecule has 0 bridgehead atoms. The fourth-order valence-corrected chi connectivity index (χ4v) is 2.54. The third-order valence-electron chi connectivity index (χ3n) is 3.76. The molecule has 0 radical (unpaired) electrons. The van der Waals surface area contributed by atoms with Gasteiger partial charge in [-0.2, -0.15) is 0 Å². The zero-order valence-corrected chi connectivity index (χ0v) is 14.7. The van der Waals surface area contributed by atoms with Crippen molar-refractivity contribution in [2.75, 3.05) is 18.5 Å². The topological polar surface area (TPSA) is 50.4 Å². The van der Waals surface area contributed by atoms with Crippen LogP contribution in [-0.4, -0.2) is 19.1 Å². The Morgan fingerprint density at radius 3 is 2.33 bits per heavy atom. The average molecular weight is 326 g/mol. The third-order valence-corrected chi connectivity index (χ3v) is 3.76. The maximum Gasteiger partial charge on any atom is 0.221 e. The number of nitrogens with one attached hydrogen (secondary N) is 2. The van der Waals surface area contributed by atoms with Gasteiger partial charge in [-0.1, -0.05) is 30.3 Å². The molecule has 0 saturated carbocycles. The van der Waals surface area contributed by atoms with Crippen LogP contribution in [0.2, 0.25) is 0 Å². The lowest BCUT2D eigenvalue weighted by Gasteiger charge is -2.12. The Labute approximate surface area is 144 Å². The van der Waals surface area contributed by atoms with Crippen LogP contribution in [-0.2, 0) is 11.3 Å². The number of hydrogen-bond acceptors (Lipinski definition) is 3. The molecule has 24 heavy (non-hydrogen) atoms. The van der Waals surface area contributed by atoms with Crippen LogP contribution in [0.1, 0.15) is 30.0 Å². The van der Waals surface area contributed by atoms with Crippen molar-refractivity contribution in [3.63, 3.8) is 0 Å². The van der Waals surface area contributed by atoms with E-state index in [2.05, 4.69) is 42.7 Å². The minimum absolute atomic E-state index is 0.0511. The van der Waals surface area contributed by atoms with Crippen LogP contribution in [0.25, 0.3) is 0 Å². The van der Waals surface area contributed by atoms with E-state index in [1.54, 1.807) is 0 Å². The van der Waals surface area contributed by atoms with Crippen LogP contribution >= 0.6 is 0 Å². The monoisotopic (exact) mass is 326 g/mol. The van der Waals surface area contributed by atoms with Crippen LogP contribution in [0.3, 0.4) is 0 Å². The molecule has 2 aromatic carbocycles. The predicted molar refractivity (Wildman–Crippen MR) is 98.5 cm³/mol. The molecule has 0 heterocycles. The fraction of sp³-hybridized carbons (Fsp3) is 0.350. The fourth-order valence-electron chi connectivity index (χ4n) is 2.54. The van der Waals surface area contributed by atoms with Gasteiger partial charge in [0.1, 0.15) is 5.75 Å². The van der Waals surface area contributed by atoms with Crippen molar-refractivity contribution in [3.8, 4) is 5.75 Å². The van der Waals surface area contributed by atoms with Crippen LogP contribution in [0.5, 0.6) is 5.75 Å². The van der Waals surface area contributed by atoms with E-state index in [0.29, 0.717) is 6.61 Å². The maximum atomic E-state index is 11.0. The van der Waals surface area contributed by atoms with Crippen molar-refractivity contribution in [1.82, 2.24) is 5.32 Å². The number of ether oxygens (including phenoxy) is 1. The number of amides is 1. The summed E-state index contributed by atoms with van der Waals surface area (Å²) in [5.74, 6) is 0.954. The minimum Gasteiger partial charge on any atom is -0.493 e. The van der Waals surface area contributed by atoms with Crippen molar-refractivity contribution < 1.29 is 9.53 Å². The van der Waals surface area contributed by atoms with E-state index in [4.69, 9.17) is 4.74 Å². The standard InChI is InChI=1S/C20H26N2O2/c1-15-6-4-7-16(2)20(15)24-13-5-12-21-14-18-8-10-19(11-9-18)22-17(3)23/h4,6-11,21H,5,12-14H2,1-3H3,(H,22,23). The normalized spacial score (nSPS) is 10.5. The van der Waals surface area contributed by atoms with Crippen LogP contribution in [0.4, 0.5) is 5.69 Å². The first kappa shape index (κ1) is 18.0. The van der Waals surface area contributed by atoms with Crippen LogP contribution < -0.4 is 15.4 Å². The van der Waals surface area contributed by atoms with Crippen molar-refractivity contribution in [2.45, 2.75) is 33.7 Å². The quantitative estimate of drug-likeness (QED) is 0.725. The summed E-state index contributed by atoms with van der Waals surface area (Å²) in [4.78, 5) is 11.0. The largest absolute Gasteiger partial charge is 0.493 e. The molecule has 0 aromatic heterocycles. The van der Waals surface area contributed by atoms with Crippen molar-refractivity contribution >= 4 is 11.6 Å². The number of benzene rings is 2. The summed E-state index contributed by atoms with van der Waals surface area (Å²) in [6, 6.07) is 14.1. The predicted octanol–water partition coefficient (Wildman–Crippen LogP) is 3.82. The van der Waals surface area contributed by atoms with Crippen molar-refractivity contribution in [1.29, 1.82) is 0 Å². The average Bonchev–Trinajstić information content (AvgIpc) is 2.54. The smallest absolute Gasteiger partial charge is 0.221 e. The van der Waals surface area contributed by atoms with Gasteiger partial charge in [-0.05, 0) is 55.6 Å². The molecule has 0 atom stereocenters. The summed E-state index contributed by atoms with van der Waals surface area (Å²) in [7, 11) is 0. The van der Waals surface area contributed by atoms with Gasteiger partial charge in [0, 0.05) is 19.2 Å². The van der Waals surface area contributed by atoms with Gasteiger partial charge >= 0.3 is 0 Å². The highest BCUT2D eigenvalue weighted by Crippen LogP contribution is 2.22. The first-order valence-electron chi connectivity index (χ1n) is 8.32. The second-order valence-electron chi connectivity index (χ2n) is 5.98. The molecule has 1 amide bonds. The molecule has 2 aromatic rings. The molecular formula is C20H26N2O2. The first-order chi connectivity index (χ1) is 11.6. The van der Waals surface area contributed by atoms with E-state index in [0.717, 1.165) is 30.9 Å². The van der Waals surface area contributed by atoms with E-state index < -0.39 is 0 Å². The highest BCUT2D eigenvalue weighted by atomic mass is 16.5. The molecule has 4 heteroatoms. The number of carbonyl (C=O) groups excluding carboxylic acids is 1. The second-order valence-corrected chi connectivity index (χ2v) is 5.98. The third kappa shape index (κ3) is 5.70. The van der Waals surface area contributed by atoms with Gasteiger partial charge in [0.2, 0.25) is 5.91 Å². The van der Waals surface area contributed by atoms with Gasteiger partial charge in [0.15, 0.2) is 0 Å². The van der Waals surface area contributed by atoms with Gasteiger partial charge in [0.25, 0.3) is 0 Å². The lowest BCUT2D eigenvalue weighted by Crippen LogP contribution is -2.17. The Bertz CT molecular complexity index is 646. The maximum absolute atomic E-state index is 11.0. The van der Waals surface area contributed by atoms with Gasteiger partial charge in [-0.25, -0.2) is 0 Å². The van der Waals surface area contributed by atoms with E-state index in [1.807, 2.05) is 24.3 Å². The molecule has 0 spiro atoms. The second kappa shape index (κ2) is 9.08. The Morgan fingerprint density at radius 1 is 1.04 bits per heavy atom. The number of carbonyl (C=O) groups is 1. The highest BCUT2D eigenvalue weighted by Gasteiger charge is 2.02. The number of para-hydroxylation sites is 1. The summed E-state index contributed by atoms with van der Waals surface area (Å²) in [5, 5.41) is 6.17. The summed E-state index contributed by atoms with van der Waals surface area (Å²) in [6.45, 7) is 8.08. The molecule has 2 N–H and O–H groups in total. The molecule has 0 aliphatic carbocycles. The van der Waals surface area contributed by atoms with E-state index in [9.17, 15) is 4.79 Å². The SMILES string of the molecule is CC(=O)Nc1ccc(CNCCCOc2c(C)cccc2C)cc1. The zero-order valence-electron chi connectivity index (χ0n) is 14.7. The van der Waals surface area contributed by atoms with Crippen molar-refractivity contribution in [2.24, 2.45) is 0 Å². The van der Waals surface area contributed by atoms with Crippen LogP contribution in [0.15, 0.2) is 42.5 Å². The Hall–Kier alpha value is -2.33. The summed E-state index contributed by atoms with van der Waals surface area (Å²) in [6.07, 6.45) is 0.956. The van der Waals surface area contributed by atoms with E-state index >= 15 is 0 Å². The number of anilines is 1. The van der Waals surface area contributed by atoms with Gasteiger partial charge in [-0.15, -0.1) is 0 Å². The molecule has 0 unspecified atom stereocenters. The Morgan fingerprint density at radius 2 is 1.71 bits per heavy atom. The van der Waals surface area contributed by atoms with E-state index in [-0.39, 0.29) is 5.91 Å². The number of rotatable bonds is 8. The summed E-state index contributed by atoms with van der Waals surface area (Å²) in [5.41, 5.74) is 4.39. The van der Waals surface area contributed by atoms with Crippen LogP contribution in [0, 0.1) is 13.8 Å². The summed E-state index contributed by atoms with van der Waals surface area (Å²) < 4.78 is 5.89. The lowest BCUT2D eigenvalue weighted by molar-refractivity contribution is -0.114. The molecule has 128 valence electrons. The Balaban J connectivity index is 1.65. The lowest BCUT2D eigenvalue weighted by atomic mass is 10.1. The number of hydrogen-bond donors (Lipinski definition) is 2. The zero-order chi connectivity index (χ0) is 17.4. The van der Waals surface area contributed by atoms with Gasteiger partial charge < -0.3 is 15.4 Å². The van der Waals surface area contributed by atoms with Gasteiger partial charge in [-0.3, -0.25) is 4.79 Å². The molecule has 0 saturated heterocycles. The van der Waals surface area contributed by atoms with Crippen molar-refractivity contribution in [3.05, 3.63) is 59.2 Å². The molecule has 0 fully saturated rings. The van der Waals surface area contributed by atoms with Gasteiger partial charge in [0.05, 0.1) is 6.61 Å². The Kier molecular flexibility index (Phi) is 6.82. The molecule has 0 aliphatic heterocycles. The summed E-state index contributed by atoms with van der Waals surface area (Å²) >= 11 is 0. The molecular weight excluding hydrogens is 300 g/mol. The van der Waals surface area contributed by atoms with E-state index in [1.165, 1.54) is 23.6 Å². The first-order valence-corrected chi connectivity index (χ1v) is 8.32. The highest BCUT2D eigenvalue weighted by molar-refractivity contribution is 5.88. The molecule has 2 rings (SSSR count). The minimum atomic E-state index is -0.0511. The molecule has 0 aliphatic rings. The molecule has 4 nitrogen and oxygen atoms in total. The number of aryl methyl sites for hydroxylation is 2.